The summed E-state index contributed by atoms with van der Waals surface area (Å²) < 4.78 is 28.9. The van der Waals surface area contributed by atoms with Crippen molar-refractivity contribution in [1.82, 2.24) is 5.32 Å². The van der Waals surface area contributed by atoms with Crippen LogP contribution < -0.4 is 5.32 Å². The van der Waals surface area contributed by atoms with E-state index in [9.17, 15) is 8.78 Å². The van der Waals surface area contributed by atoms with Gasteiger partial charge in [-0.05, 0) is 19.9 Å². The highest BCUT2D eigenvalue weighted by molar-refractivity contribution is 4.80. The van der Waals surface area contributed by atoms with Gasteiger partial charge in [-0.3, -0.25) is 0 Å². The zero-order valence-corrected chi connectivity index (χ0v) is 7.93. The molecule has 1 aliphatic rings. The molecule has 1 saturated carbocycles. The van der Waals surface area contributed by atoms with E-state index in [2.05, 4.69) is 5.32 Å². The highest BCUT2D eigenvalue weighted by Gasteiger charge is 2.24. The number of nitrogens with one attached hydrogen (secondary N) is 1. The zero-order chi connectivity index (χ0) is 9.68. The van der Waals surface area contributed by atoms with Gasteiger partial charge in [-0.15, -0.1) is 0 Å². The number of alkyl halides is 2. The fourth-order valence-corrected chi connectivity index (χ4v) is 1.82. The van der Waals surface area contributed by atoms with Crippen molar-refractivity contribution in [3.63, 3.8) is 0 Å². The molecule has 2 unspecified atom stereocenters. The van der Waals surface area contributed by atoms with Crippen molar-refractivity contribution < 1.29 is 13.5 Å². The van der Waals surface area contributed by atoms with Crippen LogP contribution in [0.25, 0.3) is 0 Å². The van der Waals surface area contributed by atoms with Gasteiger partial charge in [-0.25, -0.2) is 8.78 Å². The summed E-state index contributed by atoms with van der Waals surface area (Å²) in [5, 5.41) is 3.11. The standard InChI is InChI=1S/C9H17F2NO/c1-12-7-4-2-3-5-8(7)13-6-9(10)11/h7-9,12H,2-6H2,1H3. The van der Waals surface area contributed by atoms with Crippen LogP contribution in [0.3, 0.4) is 0 Å². The Balaban J connectivity index is 2.27. The van der Waals surface area contributed by atoms with Gasteiger partial charge in [0.2, 0.25) is 0 Å². The summed E-state index contributed by atoms with van der Waals surface area (Å²) in [4.78, 5) is 0. The predicted molar refractivity (Wildman–Crippen MR) is 47.1 cm³/mol. The van der Waals surface area contributed by atoms with E-state index >= 15 is 0 Å². The molecule has 0 bridgehead atoms. The van der Waals surface area contributed by atoms with Crippen molar-refractivity contribution in [3.05, 3.63) is 0 Å². The lowest BCUT2D eigenvalue weighted by atomic mass is 9.92. The molecule has 1 aliphatic carbocycles. The van der Waals surface area contributed by atoms with Crippen LogP contribution in [0.1, 0.15) is 25.7 Å². The van der Waals surface area contributed by atoms with Gasteiger partial charge in [-0.1, -0.05) is 12.8 Å². The number of halogens is 2. The predicted octanol–water partition coefficient (Wildman–Crippen LogP) is 1.80. The molecule has 13 heavy (non-hydrogen) atoms. The average molecular weight is 193 g/mol. The highest BCUT2D eigenvalue weighted by atomic mass is 19.3. The Morgan fingerprint density at radius 2 is 2.08 bits per heavy atom. The Kier molecular flexibility index (Phi) is 4.59. The summed E-state index contributed by atoms with van der Waals surface area (Å²) in [5.74, 6) is 0. The van der Waals surface area contributed by atoms with Crippen LogP contribution >= 0.6 is 0 Å². The average Bonchev–Trinajstić information content (AvgIpc) is 2.15. The van der Waals surface area contributed by atoms with Crippen molar-refractivity contribution in [2.24, 2.45) is 0 Å². The van der Waals surface area contributed by atoms with Gasteiger partial charge < -0.3 is 10.1 Å². The molecule has 0 saturated heterocycles. The molecule has 0 aromatic heterocycles. The van der Waals surface area contributed by atoms with Gasteiger partial charge >= 0.3 is 0 Å². The lowest BCUT2D eigenvalue weighted by molar-refractivity contribution is -0.0485. The number of hydrogen-bond donors (Lipinski definition) is 1. The maximum Gasteiger partial charge on any atom is 0.261 e. The van der Waals surface area contributed by atoms with Crippen LogP contribution in [0.5, 0.6) is 0 Å². The van der Waals surface area contributed by atoms with Gasteiger partial charge in [0.05, 0.1) is 6.10 Å². The monoisotopic (exact) mass is 193 g/mol. The first-order valence-electron chi connectivity index (χ1n) is 4.81. The molecule has 0 spiro atoms. The summed E-state index contributed by atoms with van der Waals surface area (Å²) in [7, 11) is 1.86. The third-order valence-corrected chi connectivity index (χ3v) is 2.51. The molecule has 1 fully saturated rings. The minimum atomic E-state index is -2.35. The molecule has 4 heteroatoms. The molecule has 0 aromatic rings. The van der Waals surface area contributed by atoms with Crippen LogP contribution in [0, 0.1) is 0 Å². The van der Waals surface area contributed by atoms with E-state index in [1.54, 1.807) is 0 Å². The van der Waals surface area contributed by atoms with Crippen molar-refractivity contribution in [2.75, 3.05) is 13.7 Å². The summed E-state index contributed by atoms with van der Waals surface area (Å²) in [5.41, 5.74) is 0. The molecule has 78 valence electrons. The number of likely N-dealkylation sites (N-methyl/N-ethyl adjacent to an activating group) is 1. The second-order valence-electron chi connectivity index (χ2n) is 3.44. The smallest absolute Gasteiger partial charge is 0.261 e. The topological polar surface area (TPSA) is 21.3 Å². The van der Waals surface area contributed by atoms with Crippen molar-refractivity contribution in [3.8, 4) is 0 Å². The van der Waals surface area contributed by atoms with E-state index < -0.39 is 13.0 Å². The highest BCUT2D eigenvalue weighted by Crippen LogP contribution is 2.21. The molecule has 0 aromatic carbocycles. The molecule has 2 atom stereocenters. The molecule has 2 nitrogen and oxygen atoms in total. The van der Waals surface area contributed by atoms with Crippen LogP contribution in [0.2, 0.25) is 0 Å². The first-order chi connectivity index (χ1) is 6.24. The second-order valence-corrected chi connectivity index (χ2v) is 3.44. The van der Waals surface area contributed by atoms with Gasteiger partial charge in [-0.2, -0.15) is 0 Å². The molecule has 0 radical (unpaired) electrons. The minimum Gasteiger partial charge on any atom is -0.371 e. The van der Waals surface area contributed by atoms with Gasteiger partial charge in [0.15, 0.2) is 0 Å². The Bertz CT molecular complexity index is 144. The first kappa shape index (κ1) is 10.9. The third-order valence-electron chi connectivity index (χ3n) is 2.51. The molecular weight excluding hydrogens is 176 g/mol. The van der Waals surface area contributed by atoms with Crippen LogP contribution in [-0.2, 0) is 4.74 Å². The van der Waals surface area contributed by atoms with E-state index in [0.29, 0.717) is 0 Å². The van der Waals surface area contributed by atoms with Gasteiger partial charge in [0.25, 0.3) is 6.43 Å². The van der Waals surface area contributed by atoms with Gasteiger partial charge in [0, 0.05) is 6.04 Å². The van der Waals surface area contributed by atoms with E-state index in [-0.39, 0.29) is 12.1 Å². The van der Waals surface area contributed by atoms with Gasteiger partial charge in [0.1, 0.15) is 6.61 Å². The molecule has 1 N–H and O–H groups in total. The SMILES string of the molecule is CNC1CCCCC1OCC(F)F. The van der Waals surface area contributed by atoms with E-state index in [0.717, 1.165) is 19.3 Å². The zero-order valence-electron chi connectivity index (χ0n) is 7.93. The first-order valence-corrected chi connectivity index (χ1v) is 4.81. The number of ether oxygens (including phenoxy) is 1. The summed E-state index contributed by atoms with van der Waals surface area (Å²) in [6.45, 7) is -0.428. The Morgan fingerprint density at radius 3 is 2.69 bits per heavy atom. The number of hydrogen-bond acceptors (Lipinski definition) is 2. The lowest BCUT2D eigenvalue weighted by Crippen LogP contribution is -2.42. The van der Waals surface area contributed by atoms with E-state index in [1.807, 2.05) is 7.05 Å². The summed E-state index contributed by atoms with van der Waals surface area (Å²) in [6, 6.07) is 0.257. The van der Waals surface area contributed by atoms with Crippen molar-refractivity contribution in [1.29, 1.82) is 0 Å². The van der Waals surface area contributed by atoms with Crippen LogP contribution in [0.15, 0.2) is 0 Å². The maximum atomic E-state index is 11.9. The Labute approximate surface area is 77.6 Å². The van der Waals surface area contributed by atoms with Crippen molar-refractivity contribution in [2.45, 2.75) is 44.3 Å². The molecule has 0 amide bonds. The molecular formula is C9H17F2NO. The van der Waals surface area contributed by atoms with E-state index in [1.165, 1.54) is 6.42 Å². The second kappa shape index (κ2) is 5.50. The Morgan fingerprint density at radius 1 is 1.38 bits per heavy atom. The summed E-state index contributed by atoms with van der Waals surface area (Å²) in [6.07, 6.45) is 1.82. The van der Waals surface area contributed by atoms with E-state index in [4.69, 9.17) is 4.74 Å². The quantitative estimate of drug-likeness (QED) is 0.735. The van der Waals surface area contributed by atoms with Crippen LogP contribution in [-0.4, -0.2) is 32.2 Å². The summed E-state index contributed by atoms with van der Waals surface area (Å²) >= 11 is 0. The minimum absolute atomic E-state index is 0.0206. The number of rotatable bonds is 4. The molecule has 0 aliphatic heterocycles. The largest absolute Gasteiger partial charge is 0.371 e. The van der Waals surface area contributed by atoms with Crippen LogP contribution in [0.4, 0.5) is 8.78 Å². The normalized spacial score (nSPS) is 29.5. The Hall–Kier alpha value is -0.220. The maximum absolute atomic E-state index is 11.9. The fraction of sp³-hybridized carbons (Fsp3) is 1.00. The van der Waals surface area contributed by atoms with Crippen molar-refractivity contribution >= 4 is 0 Å². The fourth-order valence-electron chi connectivity index (χ4n) is 1.82. The third kappa shape index (κ3) is 3.56. The molecule has 0 heterocycles. The lowest BCUT2D eigenvalue weighted by Gasteiger charge is -2.31. The molecule has 1 rings (SSSR count).